The Kier molecular flexibility index (Phi) is 1.86. The fraction of sp³-hybridized carbons (Fsp3) is 0.900. The van der Waals surface area contributed by atoms with E-state index in [1.54, 1.807) is 0 Å². The summed E-state index contributed by atoms with van der Waals surface area (Å²) < 4.78 is 17.5. The average molecular weight is 186 g/mol. The van der Waals surface area contributed by atoms with Gasteiger partial charge in [0.25, 0.3) is 0 Å². The van der Waals surface area contributed by atoms with Crippen LogP contribution in [0.1, 0.15) is 32.1 Å². The topological polar surface area (TPSA) is 26.3 Å². The van der Waals surface area contributed by atoms with Gasteiger partial charge in [-0.2, -0.15) is 0 Å². The van der Waals surface area contributed by atoms with Gasteiger partial charge in [0, 0.05) is 0 Å². The third kappa shape index (κ3) is 1.09. The molecule has 0 unspecified atom stereocenters. The number of hydrogen-bond acceptors (Lipinski definition) is 2. The molecule has 0 N–H and O–H groups in total. The predicted molar refractivity (Wildman–Crippen MR) is 45.9 cm³/mol. The van der Waals surface area contributed by atoms with Crippen molar-refractivity contribution in [1.82, 2.24) is 0 Å². The van der Waals surface area contributed by atoms with Crippen LogP contribution in [0.25, 0.3) is 0 Å². The van der Waals surface area contributed by atoms with Gasteiger partial charge in [-0.25, -0.2) is 0 Å². The van der Waals surface area contributed by atoms with Gasteiger partial charge in [0.15, 0.2) is 0 Å². The van der Waals surface area contributed by atoms with Gasteiger partial charge < -0.3 is 4.74 Å². The Hall–Kier alpha value is -0.600. The van der Waals surface area contributed by atoms with Crippen molar-refractivity contribution in [2.24, 2.45) is 10.8 Å². The molecule has 2 rings (SSSR count). The summed E-state index contributed by atoms with van der Waals surface area (Å²) in [6.07, 6.45) is 4.08. The van der Waals surface area contributed by atoms with Gasteiger partial charge in [0.1, 0.15) is 0 Å². The summed E-state index contributed by atoms with van der Waals surface area (Å²) in [7, 11) is 1.42. The summed E-state index contributed by atoms with van der Waals surface area (Å²) in [6, 6.07) is 0. The summed E-state index contributed by atoms with van der Waals surface area (Å²) in [5, 5.41) is 0. The van der Waals surface area contributed by atoms with Gasteiger partial charge in [-0.15, -0.1) is 0 Å². The quantitative estimate of drug-likeness (QED) is 0.617. The van der Waals surface area contributed by atoms with E-state index in [4.69, 9.17) is 4.74 Å². The molecule has 0 spiro atoms. The van der Waals surface area contributed by atoms with Crippen LogP contribution < -0.4 is 0 Å². The molecule has 13 heavy (non-hydrogen) atoms. The van der Waals surface area contributed by atoms with Crippen LogP contribution in [0.2, 0.25) is 0 Å². The van der Waals surface area contributed by atoms with Crippen LogP contribution in [0.5, 0.6) is 0 Å². The lowest BCUT2D eigenvalue weighted by atomic mass is 9.83. The third-order valence-corrected chi connectivity index (χ3v) is 3.88. The van der Waals surface area contributed by atoms with Gasteiger partial charge in [0.2, 0.25) is 0 Å². The number of hydrogen-bond donors (Lipinski definition) is 0. The number of ether oxygens (including phenoxy) is 1. The number of methoxy groups -OCH3 is 1. The molecule has 0 aromatic heterocycles. The number of halogens is 1. The normalized spacial score (nSPS) is 42.3. The lowest BCUT2D eigenvalue weighted by molar-refractivity contribution is -0.152. The first-order valence-electron chi connectivity index (χ1n) is 4.81. The maximum Gasteiger partial charge on any atom is 0.311 e. The highest BCUT2D eigenvalue weighted by molar-refractivity contribution is 5.77. The molecule has 0 heterocycles. The minimum absolute atomic E-state index is 0.125. The molecule has 0 amide bonds. The van der Waals surface area contributed by atoms with Crippen LogP contribution in [0.4, 0.5) is 4.39 Å². The molecular formula is C10H15FO2. The van der Waals surface area contributed by atoms with E-state index in [0.717, 1.165) is 25.7 Å². The molecule has 0 atom stereocenters. The second-order valence-electron chi connectivity index (χ2n) is 4.58. The molecule has 3 heteroatoms. The zero-order valence-corrected chi connectivity index (χ0v) is 7.94. The van der Waals surface area contributed by atoms with E-state index in [1.165, 1.54) is 7.11 Å². The molecule has 0 saturated heterocycles. The summed E-state index contributed by atoms with van der Waals surface area (Å²) in [5.41, 5.74) is -0.491. The van der Waals surface area contributed by atoms with E-state index < -0.39 is 0 Å². The van der Waals surface area contributed by atoms with E-state index in [1.807, 2.05) is 0 Å². The number of carbonyl (C=O) groups is 1. The van der Waals surface area contributed by atoms with E-state index in [2.05, 4.69) is 0 Å². The fourth-order valence-corrected chi connectivity index (χ4v) is 3.00. The first-order valence-corrected chi connectivity index (χ1v) is 4.81. The molecule has 2 aliphatic carbocycles. The first-order chi connectivity index (χ1) is 6.16. The highest BCUT2D eigenvalue weighted by atomic mass is 19.1. The fourth-order valence-electron chi connectivity index (χ4n) is 3.00. The molecule has 2 aliphatic rings. The number of esters is 1. The van der Waals surface area contributed by atoms with Crippen LogP contribution >= 0.6 is 0 Å². The lowest BCUT2D eigenvalue weighted by Gasteiger charge is -2.23. The van der Waals surface area contributed by atoms with E-state index in [0.29, 0.717) is 6.42 Å². The smallest absolute Gasteiger partial charge is 0.311 e. The first kappa shape index (κ1) is 8.97. The number of fused-ring (bicyclic) bond motifs is 2. The molecule has 0 radical (unpaired) electrons. The molecule has 2 saturated carbocycles. The molecule has 2 nitrogen and oxygen atoms in total. The Bertz CT molecular complexity index is 229. The van der Waals surface area contributed by atoms with Crippen molar-refractivity contribution in [3.8, 4) is 0 Å². The monoisotopic (exact) mass is 186 g/mol. The second-order valence-corrected chi connectivity index (χ2v) is 4.58. The Labute approximate surface area is 77.5 Å². The number of alkyl halides is 1. The van der Waals surface area contributed by atoms with Crippen molar-refractivity contribution in [3.63, 3.8) is 0 Å². The zero-order chi connectivity index (χ0) is 9.53. The largest absolute Gasteiger partial charge is 0.469 e. The highest BCUT2D eigenvalue weighted by Crippen LogP contribution is 2.62. The molecule has 0 aromatic carbocycles. The maximum atomic E-state index is 12.8. The van der Waals surface area contributed by atoms with Crippen molar-refractivity contribution in [2.45, 2.75) is 32.1 Å². The molecule has 0 aromatic rings. The van der Waals surface area contributed by atoms with Crippen molar-refractivity contribution in [2.75, 3.05) is 13.8 Å². The van der Waals surface area contributed by atoms with E-state index >= 15 is 0 Å². The number of rotatable bonds is 2. The van der Waals surface area contributed by atoms with Crippen molar-refractivity contribution >= 4 is 5.97 Å². The predicted octanol–water partition coefficient (Wildman–Crippen LogP) is 2.08. The lowest BCUT2D eigenvalue weighted by Crippen LogP contribution is -2.27. The highest BCUT2D eigenvalue weighted by Gasteiger charge is 2.58. The summed E-state index contributed by atoms with van der Waals surface area (Å²) in [4.78, 5) is 11.5. The van der Waals surface area contributed by atoms with Gasteiger partial charge >= 0.3 is 5.97 Å². The summed E-state index contributed by atoms with van der Waals surface area (Å²) >= 11 is 0. The van der Waals surface area contributed by atoms with Crippen molar-refractivity contribution < 1.29 is 13.9 Å². The minimum atomic E-state index is -0.319. The molecule has 2 bridgehead atoms. The molecular weight excluding hydrogens is 171 g/mol. The summed E-state index contributed by atoms with van der Waals surface area (Å²) in [5.74, 6) is -0.125. The Morgan fingerprint density at radius 3 is 2.38 bits per heavy atom. The Morgan fingerprint density at radius 2 is 2.00 bits per heavy atom. The third-order valence-electron chi connectivity index (χ3n) is 3.88. The minimum Gasteiger partial charge on any atom is -0.469 e. The SMILES string of the molecule is COC(=O)C12CCC(CF)(CC1)C2. The second kappa shape index (κ2) is 2.69. The van der Waals surface area contributed by atoms with Crippen molar-refractivity contribution in [1.29, 1.82) is 0 Å². The molecule has 2 fully saturated rings. The standard InChI is InChI=1S/C10H15FO2/c1-13-8(12)10-4-2-9(6-10,7-11)3-5-10/h2-7H2,1H3. The van der Waals surface area contributed by atoms with Crippen LogP contribution in [-0.2, 0) is 9.53 Å². The van der Waals surface area contributed by atoms with Crippen LogP contribution in [0, 0.1) is 10.8 Å². The zero-order valence-electron chi connectivity index (χ0n) is 7.94. The van der Waals surface area contributed by atoms with Crippen LogP contribution in [-0.4, -0.2) is 19.8 Å². The molecule has 0 aliphatic heterocycles. The molecule has 74 valence electrons. The van der Waals surface area contributed by atoms with E-state index in [9.17, 15) is 9.18 Å². The maximum absolute atomic E-state index is 12.8. The van der Waals surface area contributed by atoms with Gasteiger partial charge in [-0.3, -0.25) is 9.18 Å². The van der Waals surface area contributed by atoms with Gasteiger partial charge in [0.05, 0.1) is 19.2 Å². The Balaban J connectivity index is 2.18. The van der Waals surface area contributed by atoms with E-state index in [-0.39, 0.29) is 23.5 Å². The Morgan fingerprint density at radius 1 is 1.38 bits per heavy atom. The average Bonchev–Trinajstić information content (AvgIpc) is 2.74. The van der Waals surface area contributed by atoms with Crippen LogP contribution in [0.15, 0.2) is 0 Å². The number of carbonyl (C=O) groups excluding carboxylic acids is 1. The van der Waals surface area contributed by atoms with Crippen LogP contribution in [0.3, 0.4) is 0 Å². The summed E-state index contributed by atoms with van der Waals surface area (Å²) in [6.45, 7) is -0.272. The van der Waals surface area contributed by atoms with Gasteiger partial charge in [-0.1, -0.05) is 0 Å². The van der Waals surface area contributed by atoms with Crippen molar-refractivity contribution in [3.05, 3.63) is 0 Å². The van der Waals surface area contributed by atoms with Gasteiger partial charge in [-0.05, 0) is 37.5 Å².